The number of anilines is 1. The van der Waals surface area contributed by atoms with Crippen LogP contribution < -0.4 is 29.6 Å². The molecule has 2 aliphatic rings. The molecule has 2 aliphatic heterocycles. The van der Waals surface area contributed by atoms with E-state index in [0.29, 0.717) is 65.2 Å². The molecule has 2 amide bonds. The number of hydrogen-bond donors (Lipinski definition) is 2. The molecule has 3 aromatic carbocycles. The molecular formula is C34H37FN4O6. The van der Waals surface area contributed by atoms with Crippen LogP contribution in [0.1, 0.15) is 30.5 Å². The summed E-state index contributed by atoms with van der Waals surface area (Å²) in [5, 5.41) is 6.42. The molecule has 0 spiro atoms. The van der Waals surface area contributed by atoms with E-state index in [9.17, 15) is 9.18 Å². The van der Waals surface area contributed by atoms with E-state index < -0.39 is 0 Å². The Labute approximate surface area is 261 Å². The van der Waals surface area contributed by atoms with Gasteiger partial charge in [0.05, 0.1) is 36.8 Å². The highest BCUT2D eigenvalue weighted by molar-refractivity contribution is 5.95. The molecule has 4 aromatic rings. The van der Waals surface area contributed by atoms with Gasteiger partial charge in [-0.05, 0) is 67.8 Å². The van der Waals surface area contributed by atoms with Crippen LogP contribution in [0, 0.1) is 12.7 Å². The van der Waals surface area contributed by atoms with Gasteiger partial charge in [-0.2, -0.15) is 0 Å². The number of ether oxygens (including phenoxy) is 5. The number of nitrogens with one attached hydrogen (secondary N) is 2. The average molecular weight is 617 g/mol. The zero-order valence-electron chi connectivity index (χ0n) is 25.4. The number of nitrogens with zero attached hydrogens (tertiary/aromatic N) is 2. The molecule has 236 valence electrons. The monoisotopic (exact) mass is 616 g/mol. The van der Waals surface area contributed by atoms with Crippen molar-refractivity contribution in [3.05, 3.63) is 77.7 Å². The highest BCUT2D eigenvalue weighted by Crippen LogP contribution is 2.48. The minimum absolute atomic E-state index is 0.299. The van der Waals surface area contributed by atoms with Gasteiger partial charge in [-0.15, -0.1) is 0 Å². The normalized spacial score (nSPS) is 15.4. The van der Waals surface area contributed by atoms with E-state index in [1.165, 1.54) is 12.1 Å². The van der Waals surface area contributed by atoms with Crippen LogP contribution in [0.5, 0.6) is 28.7 Å². The number of hydrogen-bond acceptors (Lipinski definition) is 8. The topological polar surface area (TPSA) is 103 Å². The van der Waals surface area contributed by atoms with Crippen LogP contribution in [0.25, 0.3) is 10.9 Å². The summed E-state index contributed by atoms with van der Waals surface area (Å²) in [4.78, 5) is 19.6. The lowest BCUT2D eigenvalue weighted by molar-refractivity contribution is 0.0357. The number of urea groups is 1. The van der Waals surface area contributed by atoms with Crippen LogP contribution in [-0.2, 0) is 4.74 Å². The van der Waals surface area contributed by atoms with Crippen LogP contribution in [0.15, 0.2) is 60.8 Å². The van der Waals surface area contributed by atoms with Crippen LogP contribution in [0.2, 0.25) is 0 Å². The van der Waals surface area contributed by atoms with E-state index in [1.807, 2.05) is 26.0 Å². The summed E-state index contributed by atoms with van der Waals surface area (Å²) >= 11 is 0. The Hall–Kier alpha value is -4.61. The minimum Gasteiger partial charge on any atom is -0.489 e. The van der Waals surface area contributed by atoms with Crippen LogP contribution in [-0.4, -0.2) is 68.6 Å². The first kappa shape index (κ1) is 30.4. The SMILES string of the molecule is Cc1cc(NC(=O)N[C@@H](C)c2ccc(F)cc2)ccc1Oc1ccnc2cc(OCCCN3CCOCC3)c3c(c12)OCCO3. The number of carbonyl (C=O) groups excluding carboxylic acids is 1. The van der Waals surface area contributed by atoms with Crippen molar-refractivity contribution in [1.82, 2.24) is 15.2 Å². The van der Waals surface area contributed by atoms with Crippen molar-refractivity contribution in [3.63, 3.8) is 0 Å². The molecule has 1 atom stereocenters. The molecule has 0 aliphatic carbocycles. The fraction of sp³-hybridized carbons (Fsp3) is 0.353. The molecule has 0 unspecified atom stereocenters. The van der Waals surface area contributed by atoms with Crippen molar-refractivity contribution >= 4 is 22.6 Å². The van der Waals surface area contributed by atoms with Crippen molar-refractivity contribution in [2.75, 3.05) is 58.0 Å². The van der Waals surface area contributed by atoms with Gasteiger partial charge in [0.1, 0.15) is 30.5 Å². The van der Waals surface area contributed by atoms with Gasteiger partial charge in [0, 0.05) is 37.6 Å². The van der Waals surface area contributed by atoms with Crippen molar-refractivity contribution in [2.24, 2.45) is 0 Å². The van der Waals surface area contributed by atoms with Gasteiger partial charge in [0.15, 0.2) is 11.5 Å². The maximum Gasteiger partial charge on any atom is 0.319 e. The predicted molar refractivity (Wildman–Crippen MR) is 168 cm³/mol. The molecule has 10 nitrogen and oxygen atoms in total. The summed E-state index contributed by atoms with van der Waals surface area (Å²) in [6.45, 7) is 9.49. The molecule has 6 rings (SSSR count). The first-order valence-corrected chi connectivity index (χ1v) is 15.2. The molecule has 3 heterocycles. The van der Waals surface area contributed by atoms with Gasteiger partial charge in [-0.3, -0.25) is 9.88 Å². The smallest absolute Gasteiger partial charge is 0.319 e. The number of benzene rings is 3. The van der Waals surface area contributed by atoms with Crippen molar-refractivity contribution in [1.29, 1.82) is 0 Å². The number of pyridine rings is 1. The second-order valence-corrected chi connectivity index (χ2v) is 11.0. The standard InChI is InChI=1S/C34H37FN4O6/c1-22-20-26(38-34(40)37-23(2)24-4-6-25(35)7-5-24)8-9-28(22)45-29-10-11-36-27-21-30(32-33(31(27)29)44-19-18-43-32)42-15-3-12-39-13-16-41-17-14-39/h4-11,20-21,23H,3,12-19H2,1-2H3,(H2,37,38,40)/t23-/m0/s1. The molecule has 1 fully saturated rings. The summed E-state index contributed by atoms with van der Waals surface area (Å²) in [5.41, 5.74) is 2.89. The van der Waals surface area contributed by atoms with Gasteiger partial charge < -0.3 is 34.3 Å². The molecule has 0 saturated carbocycles. The highest BCUT2D eigenvalue weighted by Gasteiger charge is 2.25. The third-order valence-corrected chi connectivity index (χ3v) is 7.79. The molecular weight excluding hydrogens is 579 g/mol. The van der Waals surface area contributed by atoms with Gasteiger partial charge in [-0.1, -0.05) is 12.1 Å². The minimum atomic E-state index is -0.372. The number of rotatable bonds is 10. The van der Waals surface area contributed by atoms with E-state index in [4.69, 9.17) is 23.7 Å². The number of morpholine rings is 1. The largest absolute Gasteiger partial charge is 0.489 e. The lowest BCUT2D eigenvalue weighted by Crippen LogP contribution is -2.37. The van der Waals surface area contributed by atoms with E-state index in [0.717, 1.165) is 50.4 Å². The molecule has 1 aromatic heterocycles. The molecule has 11 heteroatoms. The van der Waals surface area contributed by atoms with Crippen LogP contribution in [0.3, 0.4) is 0 Å². The maximum absolute atomic E-state index is 13.2. The van der Waals surface area contributed by atoms with Crippen LogP contribution in [0.4, 0.5) is 14.9 Å². The van der Waals surface area contributed by atoms with E-state index in [2.05, 4.69) is 20.5 Å². The molecule has 0 radical (unpaired) electrons. The Kier molecular flexibility index (Phi) is 9.46. The van der Waals surface area contributed by atoms with Crippen LogP contribution >= 0.6 is 0 Å². The molecule has 2 N–H and O–H groups in total. The predicted octanol–water partition coefficient (Wildman–Crippen LogP) is 6.23. The number of amides is 2. The molecule has 0 bridgehead atoms. The summed E-state index contributed by atoms with van der Waals surface area (Å²) in [6.07, 6.45) is 2.57. The Morgan fingerprint density at radius 2 is 1.76 bits per heavy atom. The van der Waals surface area contributed by atoms with Gasteiger partial charge >= 0.3 is 6.03 Å². The zero-order chi connectivity index (χ0) is 31.2. The van der Waals surface area contributed by atoms with Gasteiger partial charge in [0.25, 0.3) is 0 Å². The van der Waals surface area contributed by atoms with E-state index >= 15 is 0 Å². The average Bonchev–Trinajstić information content (AvgIpc) is 3.05. The Morgan fingerprint density at radius 3 is 2.53 bits per heavy atom. The van der Waals surface area contributed by atoms with E-state index in [1.54, 1.807) is 36.5 Å². The van der Waals surface area contributed by atoms with Crippen molar-refractivity contribution in [3.8, 4) is 28.7 Å². The summed E-state index contributed by atoms with van der Waals surface area (Å²) < 4.78 is 43.4. The second kappa shape index (κ2) is 14.0. The van der Waals surface area contributed by atoms with Crippen molar-refractivity contribution in [2.45, 2.75) is 26.3 Å². The second-order valence-electron chi connectivity index (χ2n) is 11.0. The highest BCUT2D eigenvalue weighted by atomic mass is 19.1. The number of carbonyl (C=O) groups is 1. The third kappa shape index (κ3) is 7.38. The fourth-order valence-electron chi connectivity index (χ4n) is 5.42. The number of aryl methyl sites for hydroxylation is 1. The fourth-order valence-corrected chi connectivity index (χ4v) is 5.42. The number of halogens is 1. The Morgan fingerprint density at radius 1 is 0.978 bits per heavy atom. The number of aromatic nitrogens is 1. The quantitative estimate of drug-likeness (QED) is 0.202. The van der Waals surface area contributed by atoms with Gasteiger partial charge in [0.2, 0.25) is 5.75 Å². The maximum atomic E-state index is 13.2. The zero-order valence-corrected chi connectivity index (χ0v) is 25.4. The first-order valence-electron chi connectivity index (χ1n) is 15.2. The first-order chi connectivity index (χ1) is 21.9. The third-order valence-electron chi connectivity index (χ3n) is 7.79. The molecule has 45 heavy (non-hydrogen) atoms. The lowest BCUT2D eigenvalue weighted by Gasteiger charge is -2.26. The number of fused-ring (bicyclic) bond motifs is 3. The summed E-state index contributed by atoms with van der Waals surface area (Å²) in [6, 6.07) is 14.4. The summed E-state index contributed by atoms with van der Waals surface area (Å²) in [7, 11) is 0. The Balaban J connectivity index is 1.14. The molecule has 1 saturated heterocycles. The van der Waals surface area contributed by atoms with Gasteiger partial charge in [-0.25, -0.2) is 9.18 Å². The summed E-state index contributed by atoms with van der Waals surface area (Å²) in [5.74, 6) is 2.56. The Bertz CT molecular complexity index is 1640. The van der Waals surface area contributed by atoms with E-state index in [-0.39, 0.29) is 17.9 Å². The van der Waals surface area contributed by atoms with Crippen molar-refractivity contribution < 1.29 is 32.9 Å². The lowest BCUT2D eigenvalue weighted by atomic mass is 10.1.